The molecular weight excluding hydrogens is 310 g/mol. The van der Waals surface area contributed by atoms with Crippen molar-refractivity contribution in [1.29, 1.82) is 0 Å². The first-order chi connectivity index (χ1) is 10.8. The van der Waals surface area contributed by atoms with E-state index in [-0.39, 0.29) is 12.5 Å². The molecule has 2 rings (SSSR count). The van der Waals surface area contributed by atoms with Gasteiger partial charge in [0.1, 0.15) is 5.82 Å². The Labute approximate surface area is 141 Å². The quantitative estimate of drug-likeness (QED) is 0.848. The number of fused-ring (bicyclic) bond motifs is 1. The van der Waals surface area contributed by atoms with Gasteiger partial charge in [-0.25, -0.2) is 4.98 Å². The minimum absolute atomic E-state index is 0.201. The second-order valence-electron chi connectivity index (χ2n) is 6.05. The monoisotopic (exact) mass is 333 g/mol. The van der Waals surface area contributed by atoms with Crippen molar-refractivity contribution in [2.45, 2.75) is 12.5 Å². The lowest BCUT2D eigenvalue weighted by Gasteiger charge is -2.23. The molecule has 1 aromatic heterocycles. The van der Waals surface area contributed by atoms with Gasteiger partial charge in [-0.3, -0.25) is 4.79 Å². The molecule has 1 aromatic carbocycles. The highest BCUT2D eigenvalue weighted by Crippen LogP contribution is 2.22. The number of benzene rings is 1. The Morgan fingerprint density at radius 3 is 2.74 bits per heavy atom. The van der Waals surface area contributed by atoms with Gasteiger partial charge in [0.05, 0.1) is 16.7 Å². The summed E-state index contributed by atoms with van der Waals surface area (Å²) in [5.74, 6) is 1.09. The summed E-state index contributed by atoms with van der Waals surface area (Å²) in [7, 11) is 3.78. The van der Waals surface area contributed by atoms with E-state index < -0.39 is 5.60 Å². The van der Waals surface area contributed by atoms with Gasteiger partial charge in [0.25, 0.3) is 5.91 Å². The van der Waals surface area contributed by atoms with Crippen LogP contribution in [0.4, 0.5) is 5.82 Å². The van der Waals surface area contributed by atoms with E-state index in [1.165, 1.54) is 0 Å². The molecule has 0 aliphatic carbocycles. The van der Waals surface area contributed by atoms with Gasteiger partial charge in [-0.15, -0.1) is 0 Å². The van der Waals surface area contributed by atoms with Gasteiger partial charge in [0, 0.05) is 31.8 Å². The predicted molar refractivity (Wildman–Crippen MR) is 97.4 cm³/mol. The summed E-state index contributed by atoms with van der Waals surface area (Å²) in [5, 5.41) is 13.8. The number of hydrogen-bond donors (Lipinski definition) is 2. The molecule has 1 unspecified atom stereocenters. The van der Waals surface area contributed by atoms with Gasteiger partial charge in [-0.2, -0.15) is 11.8 Å². The van der Waals surface area contributed by atoms with Crippen molar-refractivity contribution in [2.75, 3.05) is 37.5 Å². The zero-order valence-electron chi connectivity index (χ0n) is 14.0. The van der Waals surface area contributed by atoms with Crippen molar-refractivity contribution in [1.82, 2.24) is 10.3 Å². The lowest BCUT2D eigenvalue weighted by Crippen LogP contribution is -2.42. The molecular formula is C17H23N3O2S. The SMILES string of the molecule is CSCC(C)(O)CNC(=O)c1cc(N(C)C)nc2ccccc12. The minimum atomic E-state index is -0.928. The number of carbonyl (C=O) groups excluding carboxylic acids is 1. The molecule has 0 saturated heterocycles. The number of aromatic nitrogens is 1. The summed E-state index contributed by atoms with van der Waals surface area (Å²) in [5.41, 5.74) is 0.418. The molecule has 0 bridgehead atoms. The fourth-order valence-electron chi connectivity index (χ4n) is 2.31. The van der Waals surface area contributed by atoms with Crippen LogP contribution in [0.25, 0.3) is 10.9 Å². The van der Waals surface area contributed by atoms with Crippen LogP contribution in [-0.2, 0) is 0 Å². The van der Waals surface area contributed by atoms with E-state index in [0.717, 1.165) is 16.7 Å². The van der Waals surface area contributed by atoms with Crippen molar-refractivity contribution >= 4 is 34.4 Å². The van der Waals surface area contributed by atoms with Crippen molar-refractivity contribution in [2.24, 2.45) is 0 Å². The number of nitrogens with one attached hydrogen (secondary N) is 1. The molecule has 1 amide bonds. The fourth-order valence-corrected chi connectivity index (χ4v) is 3.03. The molecule has 23 heavy (non-hydrogen) atoms. The Morgan fingerprint density at radius 1 is 1.39 bits per heavy atom. The van der Waals surface area contributed by atoms with Gasteiger partial charge < -0.3 is 15.3 Å². The average Bonchev–Trinajstić information content (AvgIpc) is 2.51. The van der Waals surface area contributed by atoms with E-state index in [4.69, 9.17) is 0 Å². The van der Waals surface area contributed by atoms with E-state index in [0.29, 0.717) is 11.3 Å². The van der Waals surface area contributed by atoms with E-state index in [9.17, 15) is 9.90 Å². The van der Waals surface area contributed by atoms with Gasteiger partial charge in [-0.05, 0) is 25.3 Å². The number of aliphatic hydroxyl groups is 1. The van der Waals surface area contributed by atoms with Gasteiger partial charge in [0.2, 0.25) is 0 Å². The first kappa shape index (κ1) is 17.6. The van der Waals surface area contributed by atoms with Gasteiger partial charge in [-0.1, -0.05) is 18.2 Å². The molecule has 0 spiro atoms. The number of para-hydroxylation sites is 1. The van der Waals surface area contributed by atoms with Crippen LogP contribution in [0.15, 0.2) is 30.3 Å². The molecule has 5 nitrogen and oxygen atoms in total. The fraction of sp³-hybridized carbons (Fsp3) is 0.412. The topological polar surface area (TPSA) is 65.5 Å². The Kier molecular flexibility index (Phi) is 5.49. The van der Waals surface area contributed by atoms with E-state index >= 15 is 0 Å². The van der Waals surface area contributed by atoms with Crippen LogP contribution in [0.3, 0.4) is 0 Å². The summed E-state index contributed by atoms with van der Waals surface area (Å²) in [6.45, 7) is 1.93. The normalized spacial score (nSPS) is 13.6. The Hall–Kier alpha value is -1.79. The predicted octanol–water partition coefficient (Wildman–Crippen LogP) is 2.14. The first-order valence-corrected chi connectivity index (χ1v) is 8.80. The van der Waals surface area contributed by atoms with Crippen LogP contribution in [0.5, 0.6) is 0 Å². The maximum atomic E-state index is 12.6. The molecule has 0 saturated carbocycles. The first-order valence-electron chi connectivity index (χ1n) is 7.41. The molecule has 124 valence electrons. The van der Waals surface area contributed by atoms with Crippen molar-refractivity contribution < 1.29 is 9.90 Å². The lowest BCUT2D eigenvalue weighted by molar-refractivity contribution is 0.0726. The van der Waals surface area contributed by atoms with Gasteiger partial charge >= 0.3 is 0 Å². The number of nitrogens with zero attached hydrogens (tertiary/aromatic N) is 2. The summed E-state index contributed by atoms with van der Waals surface area (Å²) in [6.07, 6.45) is 1.93. The number of rotatable bonds is 6. The molecule has 2 N–H and O–H groups in total. The summed E-state index contributed by atoms with van der Waals surface area (Å²) in [4.78, 5) is 19.0. The third kappa shape index (κ3) is 4.36. The van der Waals surface area contributed by atoms with E-state index in [1.807, 2.05) is 49.5 Å². The zero-order valence-corrected chi connectivity index (χ0v) is 14.8. The number of amides is 1. The number of hydrogen-bond acceptors (Lipinski definition) is 5. The second-order valence-corrected chi connectivity index (χ2v) is 6.92. The number of anilines is 1. The minimum Gasteiger partial charge on any atom is -0.387 e. The smallest absolute Gasteiger partial charge is 0.252 e. The van der Waals surface area contributed by atoms with Crippen LogP contribution in [0, 0.1) is 0 Å². The highest BCUT2D eigenvalue weighted by Gasteiger charge is 2.22. The highest BCUT2D eigenvalue weighted by atomic mass is 32.2. The van der Waals surface area contributed by atoms with E-state index in [2.05, 4.69) is 10.3 Å². The van der Waals surface area contributed by atoms with Crippen molar-refractivity contribution in [3.63, 3.8) is 0 Å². The molecule has 1 heterocycles. The molecule has 0 aliphatic heterocycles. The van der Waals surface area contributed by atoms with Crippen LogP contribution >= 0.6 is 11.8 Å². The molecule has 0 aliphatic rings. The summed E-state index contributed by atoms with van der Waals surface area (Å²) >= 11 is 1.55. The molecule has 0 radical (unpaired) electrons. The lowest BCUT2D eigenvalue weighted by atomic mass is 10.1. The Morgan fingerprint density at radius 2 is 2.09 bits per heavy atom. The van der Waals surface area contributed by atoms with Crippen LogP contribution in [0.1, 0.15) is 17.3 Å². The Balaban J connectivity index is 2.32. The molecule has 6 heteroatoms. The maximum absolute atomic E-state index is 12.6. The summed E-state index contributed by atoms with van der Waals surface area (Å²) in [6, 6.07) is 9.35. The number of pyridine rings is 1. The average molecular weight is 333 g/mol. The third-order valence-electron chi connectivity index (χ3n) is 3.49. The van der Waals surface area contributed by atoms with Crippen molar-refractivity contribution in [3.8, 4) is 0 Å². The van der Waals surface area contributed by atoms with Crippen LogP contribution in [0.2, 0.25) is 0 Å². The zero-order chi connectivity index (χ0) is 17.0. The van der Waals surface area contributed by atoms with Crippen LogP contribution < -0.4 is 10.2 Å². The molecule has 0 fully saturated rings. The Bertz CT molecular complexity index is 701. The maximum Gasteiger partial charge on any atom is 0.252 e. The van der Waals surface area contributed by atoms with Crippen LogP contribution in [-0.4, -0.2) is 54.2 Å². The standard InChI is InChI=1S/C17H23N3O2S/c1-17(22,11-23-4)10-18-16(21)13-9-15(20(2)3)19-14-8-6-5-7-12(13)14/h5-9,22H,10-11H2,1-4H3,(H,18,21). The van der Waals surface area contributed by atoms with Crippen molar-refractivity contribution in [3.05, 3.63) is 35.9 Å². The van der Waals surface area contributed by atoms with Gasteiger partial charge in [0.15, 0.2) is 0 Å². The number of thioether (sulfide) groups is 1. The summed E-state index contributed by atoms with van der Waals surface area (Å²) < 4.78 is 0. The third-order valence-corrected chi connectivity index (χ3v) is 4.40. The van der Waals surface area contributed by atoms with E-state index in [1.54, 1.807) is 24.8 Å². The largest absolute Gasteiger partial charge is 0.387 e. The highest BCUT2D eigenvalue weighted by molar-refractivity contribution is 7.98. The second kappa shape index (κ2) is 7.19. The molecule has 1 atom stereocenters. The number of carbonyl (C=O) groups is 1. The molecule has 2 aromatic rings.